The van der Waals surface area contributed by atoms with Crippen LogP contribution < -0.4 is 10.1 Å². The summed E-state index contributed by atoms with van der Waals surface area (Å²) in [5.74, 6) is 1.18. The van der Waals surface area contributed by atoms with E-state index in [-0.39, 0.29) is 12.2 Å². The van der Waals surface area contributed by atoms with Gasteiger partial charge < -0.3 is 9.47 Å². The van der Waals surface area contributed by atoms with Crippen molar-refractivity contribution in [1.82, 2.24) is 4.90 Å². The molecule has 0 radical (unpaired) electrons. The standard InChI is InChI=1S/C17H24N2O3/c1-12(2)21-15-6-4-3-5-14(15)18-17(20)22-16-11-19-9-7-13(16)8-10-19/h3-6,12-13,16H,7-11H2,1-2H3,(H,18,20). The van der Waals surface area contributed by atoms with Gasteiger partial charge in [-0.1, -0.05) is 12.1 Å². The molecule has 1 aromatic rings. The van der Waals surface area contributed by atoms with Crippen LogP contribution in [-0.4, -0.2) is 42.8 Å². The Balaban J connectivity index is 1.60. The van der Waals surface area contributed by atoms with E-state index in [0.717, 1.165) is 32.5 Å². The number of carbonyl (C=O) groups excluding carboxylic acids is 1. The molecule has 22 heavy (non-hydrogen) atoms. The highest BCUT2D eigenvalue weighted by molar-refractivity contribution is 5.86. The molecule has 3 saturated heterocycles. The van der Waals surface area contributed by atoms with Crippen molar-refractivity contribution in [3.8, 4) is 5.75 Å². The molecule has 0 spiro atoms. The number of hydrogen-bond acceptors (Lipinski definition) is 4. The van der Waals surface area contributed by atoms with Crippen molar-refractivity contribution in [1.29, 1.82) is 0 Å². The minimum absolute atomic E-state index is 0.0145. The number of anilines is 1. The molecule has 2 bridgehead atoms. The molecule has 3 aliphatic heterocycles. The maximum atomic E-state index is 12.2. The first-order valence-electron chi connectivity index (χ1n) is 8.07. The van der Waals surface area contributed by atoms with Crippen LogP contribution in [0, 0.1) is 5.92 Å². The number of nitrogens with zero attached hydrogens (tertiary/aromatic N) is 1. The Morgan fingerprint density at radius 2 is 2.00 bits per heavy atom. The maximum absolute atomic E-state index is 12.2. The third-order valence-corrected chi connectivity index (χ3v) is 4.34. The molecule has 4 rings (SSSR count). The third-order valence-electron chi connectivity index (χ3n) is 4.34. The van der Waals surface area contributed by atoms with Crippen molar-refractivity contribution in [3.05, 3.63) is 24.3 Å². The topological polar surface area (TPSA) is 50.8 Å². The van der Waals surface area contributed by atoms with Crippen LogP contribution in [0.15, 0.2) is 24.3 Å². The van der Waals surface area contributed by atoms with Crippen molar-refractivity contribution in [2.24, 2.45) is 5.92 Å². The van der Waals surface area contributed by atoms with Crippen LogP contribution in [0.5, 0.6) is 5.75 Å². The van der Waals surface area contributed by atoms with Gasteiger partial charge in [0.25, 0.3) is 0 Å². The van der Waals surface area contributed by atoms with E-state index in [1.54, 1.807) is 0 Å². The van der Waals surface area contributed by atoms with E-state index in [9.17, 15) is 4.79 Å². The highest BCUT2D eigenvalue weighted by atomic mass is 16.6. The molecule has 1 amide bonds. The Hall–Kier alpha value is -1.75. The summed E-state index contributed by atoms with van der Waals surface area (Å²) < 4.78 is 11.3. The number of piperidine rings is 3. The average Bonchev–Trinajstić information content (AvgIpc) is 2.50. The molecule has 3 heterocycles. The molecular formula is C17H24N2O3. The fraction of sp³-hybridized carbons (Fsp3) is 0.588. The van der Waals surface area contributed by atoms with Crippen molar-refractivity contribution in [3.63, 3.8) is 0 Å². The molecule has 3 aliphatic rings. The van der Waals surface area contributed by atoms with Crippen molar-refractivity contribution in [2.75, 3.05) is 25.0 Å². The first kappa shape index (κ1) is 15.2. The van der Waals surface area contributed by atoms with Gasteiger partial charge in [0.05, 0.1) is 11.8 Å². The zero-order valence-electron chi connectivity index (χ0n) is 13.2. The van der Waals surface area contributed by atoms with E-state index in [2.05, 4.69) is 10.2 Å². The predicted octanol–water partition coefficient (Wildman–Crippen LogP) is 3.12. The third kappa shape index (κ3) is 3.53. The second-order valence-corrected chi connectivity index (χ2v) is 6.37. The summed E-state index contributed by atoms with van der Waals surface area (Å²) >= 11 is 0. The number of benzene rings is 1. The smallest absolute Gasteiger partial charge is 0.412 e. The van der Waals surface area contributed by atoms with Crippen LogP contribution in [0.25, 0.3) is 0 Å². The molecule has 0 aromatic heterocycles. The number of ether oxygens (including phenoxy) is 2. The molecular weight excluding hydrogens is 280 g/mol. The number of para-hydroxylation sites is 2. The average molecular weight is 304 g/mol. The molecule has 3 fully saturated rings. The van der Waals surface area contributed by atoms with Gasteiger partial charge in [-0.2, -0.15) is 0 Å². The molecule has 5 heteroatoms. The Labute approximate surface area is 131 Å². The van der Waals surface area contributed by atoms with Gasteiger partial charge in [-0.3, -0.25) is 10.2 Å². The van der Waals surface area contributed by atoms with E-state index in [0.29, 0.717) is 17.4 Å². The second kappa shape index (κ2) is 6.57. The van der Waals surface area contributed by atoms with Crippen LogP contribution in [0.2, 0.25) is 0 Å². The molecule has 1 atom stereocenters. The minimum Gasteiger partial charge on any atom is -0.489 e. The van der Waals surface area contributed by atoms with Crippen molar-refractivity contribution < 1.29 is 14.3 Å². The van der Waals surface area contributed by atoms with Crippen LogP contribution in [0.3, 0.4) is 0 Å². The zero-order chi connectivity index (χ0) is 15.5. The number of fused-ring (bicyclic) bond motifs is 3. The molecule has 5 nitrogen and oxygen atoms in total. The van der Waals surface area contributed by atoms with Crippen molar-refractivity contribution in [2.45, 2.75) is 38.9 Å². The minimum atomic E-state index is -0.390. The first-order valence-corrected chi connectivity index (χ1v) is 8.07. The molecule has 1 unspecified atom stereocenters. The molecule has 1 N–H and O–H groups in total. The lowest BCUT2D eigenvalue weighted by molar-refractivity contribution is -0.0290. The van der Waals surface area contributed by atoms with Gasteiger partial charge in [-0.05, 0) is 57.8 Å². The van der Waals surface area contributed by atoms with Gasteiger partial charge in [0.15, 0.2) is 0 Å². The lowest BCUT2D eigenvalue weighted by Crippen LogP contribution is -2.52. The van der Waals surface area contributed by atoms with E-state index < -0.39 is 6.09 Å². The van der Waals surface area contributed by atoms with Gasteiger partial charge in [-0.15, -0.1) is 0 Å². The number of nitrogens with one attached hydrogen (secondary N) is 1. The van der Waals surface area contributed by atoms with E-state index in [4.69, 9.17) is 9.47 Å². The Kier molecular flexibility index (Phi) is 4.52. The largest absolute Gasteiger partial charge is 0.489 e. The number of amides is 1. The molecule has 0 saturated carbocycles. The fourth-order valence-electron chi connectivity index (χ4n) is 3.25. The van der Waals surface area contributed by atoms with E-state index in [1.165, 1.54) is 0 Å². The quantitative estimate of drug-likeness (QED) is 0.928. The van der Waals surface area contributed by atoms with Gasteiger partial charge >= 0.3 is 6.09 Å². The Morgan fingerprint density at radius 1 is 1.27 bits per heavy atom. The van der Waals surface area contributed by atoms with Crippen LogP contribution in [0.1, 0.15) is 26.7 Å². The summed E-state index contributed by atoms with van der Waals surface area (Å²) in [5.41, 5.74) is 0.655. The van der Waals surface area contributed by atoms with E-state index in [1.807, 2.05) is 38.1 Å². The zero-order valence-corrected chi connectivity index (χ0v) is 13.2. The summed E-state index contributed by atoms with van der Waals surface area (Å²) in [4.78, 5) is 14.6. The molecule has 120 valence electrons. The van der Waals surface area contributed by atoms with Crippen molar-refractivity contribution >= 4 is 11.8 Å². The summed E-state index contributed by atoms with van der Waals surface area (Å²) in [6, 6.07) is 7.44. The maximum Gasteiger partial charge on any atom is 0.412 e. The fourth-order valence-corrected chi connectivity index (χ4v) is 3.25. The summed E-state index contributed by atoms with van der Waals surface area (Å²) in [7, 11) is 0. The Bertz CT molecular complexity index is 524. The SMILES string of the molecule is CC(C)Oc1ccccc1NC(=O)OC1CN2CCC1CC2. The summed E-state index contributed by atoms with van der Waals surface area (Å²) in [6.07, 6.45) is 1.94. The van der Waals surface area contributed by atoms with Crippen LogP contribution in [0.4, 0.5) is 10.5 Å². The molecule has 0 aliphatic carbocycles. The summed E-state index contributed by atoms with van der Waals surface area (Å²) in [6.45, 7) is 7.06. The number of hydrogen-bond donors (Lipinski definition) is 1. The van der Waals surface area contributed by atoms with Gasteiger partial charge in [-0.25, -0.2) is 4.79 Å². The van der Waals surface area contributed by atoms with Crippen LogP contribution in [-0.2, 0) is 4.74 Å². The lowest BCUT2D eigenvalue weighted by atomic mass is 9.86. The lowest BCUT2D eigenvalue weighted by Gasteiger charge is -2.43. The summed E-state index contributed by atoms with van der Waals surface area (Å²) in [5, 5.41) is 2.82. The van der Waals surface area contributed by atoms with Gasteiger partial charge in [0.2, 0.25) is 0 Å². The number of carbonyl (C=O) groups is 1. The molecule has 1 aromatic carbocycles. The number of rotatable bonds is 4. The monoisotopic (exact) mass is 304 g/mol. The predicted molar refractivity (Wildman–Crippen MR) is 85.3 cm³/mol. The van der Waals surface area contributed by atoms with Gasteiger partial charge in [0, 0.05) is 6.54 Å². The van der Waals surface area contributed by atoms with Crippen LogP contribution >= 0.6 is 0 Å². The van der Waals surface area contributed by atoms with E-state index >= 15 is 0 Å². The highest BCUT2D eigenvalue weighted by Gasteiger charge is 2.36. The normalized spacial score (nSPS) is 26.8. The second-order valence-electron chi connectivity index (χ2n) is 6.37. The first-order chi connectivity index (χ1) is 10.6. The van der Waals surface area contributed by atoms with Gasteiger partial charge in [0.1, 0.15) is 11.9 Å². The highest BCUT2D eigenvalue weighted by Crippen LogP contribution is 2.30. The Morgan fingerprint density at radius 3 is 2.64 bits per heavy atom.